The van der Waals surface area contributed by atoms with Crippen LogP contribution >= 0.6 is 0 Å². The Morgan fingerprint density at radius 1 is 1.07 bits per heavy atom. The molecule has 1 saturated heterocycles. The fraction of sp³-hybridized carbons (Fsp3) is 0.478. The molecule has 0 amide bonds. The van der Waals surface area contributed by atoms with Crippen LogP contribution in [0.2, 0.25) is 0 Å². The lowest BCUT2D eigenvalue weighted by Gasteiger charge is -2.33. The van der Waals surface area contributed by atoms with Crippen molar-refractivity contribution in [3.8, 4) is 0 Å². The topological polar surface area (TPSA) is 52.6 Å². The first-order valence-electron chi connectivity index (χ1n) is 10.6. The number of likely N-dealkylation sites (tertiary alicyclic amines) is 1. The second-order valence-corrected chi connectivity index (χ2v) is 7.84. The van der Waals surface area contributed by atoms with Gasteiger partial charge in [-0.15, -0.1) is 0 Å². The van der Waals surface area contributed by atoms with Crippen molar-refractivity contribution in [2.24, 2.45) is 4.99 Å². The molecule has 4 rings (SSSR count). The van der Waals surface area contributed by atoms with Crippen molar-refractivity contribution >= 4 is 5.96 Å². The zero-order chi connectivity index (χ0) is 19.2. The molecule has 28 heavy (non-hydrogen) atoms. The monoisotopic (exact) mass is 377 g/mol. The van der Waals surface area contributed by atoms with Crippen molar-refractivity contribution in [1.82, 2.24) is 20.5 Å². The number of hydrogen-bond donors (Lipinski definition) is 2. The fourth-order valence-electron chi connectivity index (χ4n) is 4.04. The first-order valence-corrected chi connectivity index (χ1v) is 10.6. The van der Waals surface area contributed by atoms with E-state index in [1.54, 1.807) is 0 Å². The molecule has 2 N–H and O–H groups in total. The average molecular weight is 378 g/mol. The van der Waals surface area contributed by atoms with Crippen LogP contribution in [-0.4, -0.2) is 47.6 Å². The van der Waals surface area contributed by atoms with Gasteiger partial charge in [0.05, 0.1) is 5.69 Å². The van der Waals surface area contributed by atoms with Crippen LogP contribution in [0.25, 0.3) is 0 Å². The molecule has 2 aromatic rings. The van der Waals surface area contributed by atoms with Gasteiger partial charge in [-0.05, 0) is 43.9 Å². The summed E-state index contributed by atoms with van der Waals surface area (Å²) in [5, 5.41) is 7.34. The van der Waals surface area contributed by atoms with Gasteiger partial charge in [0, 0.05) is 50.4 Å². The lowest BCUT2D eigenvalue weighted by atomic mass is 10.0. The third-order valence-electron chi connectivity index (χ3n) is 5.70. The van der Waals surface area contributed by atoms with Crippen LogP contribution in [0, 0.1) is 0 Å². The Balaban J connectivity index is 1.24. The molecule has 2 fully saturated rings. The van der Waals surface area contributed by atoms with Crippen molar-refractivity contribution in [2.45, 2.75) is 50.7 Å². The van der Waals surface area contributed by atoms with Gasteiger partial charge in [0.25, 0.3) is 0 Å². The zero-order valence-electron chi connectivity index (χ0n) is 16.7. The van der Waals surface area contributed by atoms with Gasteiger partial charge in [-0.25, -0.2) is 0 Å². The largest absolute Gasteiger partial charge is 0.354 e. The lowest BCUT2D eigenvalue weighted by Crippen LogP contribution is -2.49. The van der Waals surface area contributed by atoms with E-state index >= 15 is 0 Å². The van der Waals surface area contributed by atoms with E-state index in [-0.39, 0.29) is 0 Å². The molecule has 2 heterocycles. The Morgan fingerprint density at radius 3 is 2.57 bits per heavy atom. The van der Waals surface area contributed by atoms with Crippen molar-refractivity contribution in [3.05, 3.63) is 66.0 Å². The number of guanidine groups is 1. The summed E-state index contributed by atoms with van der Waals surface area (Å²) in [6.07, 6.45) is 5.36. The summed E-state index contributed by atoms with van der Waals surface area (Å²) in [6.45, 7) is 6.05. The quantitative estimate of drug-likeness (QED) is 0.600. The second kappa shape index (κ2) is 9.20. The molecule has 1 saturated carbocycles. The first-order chi connectivity index (χ1) is 13.8. The molecule has 5 heteroatoms. The molecule has 0 spiro atoms. The SMILES string of the molecule is CCN=C(NC1CCN(Cc2ccccn2)CC1)NC1CC1c1ccccc1. The highest BCUT2D eigenvalue weighted by atomic mass is 15.2. The van der Waals surface area contributed by atoms with Crippen molar-refractivity contribution in [1.29, 1.82) is 0 Å². The molecule has 0 radical (unpaired) electrons. The summed E-state index contributed by atoms with van der Waals surface area (Å²) in [6, 6.07) is 17.9. The number of pyridine rings is 1. The summed E-state index contributed by atoms with van der Waals surface area (Å²) in [7, 11) is 0. The Kier molecular flexibility index (Phi) is 6.22. The Bertz CT molecular complexity index is 753. The maximum Gasteiger partial charge on any atom is 0.191 e. The van der Waals surface area contributed by atoms with Gasteiger partial charge in [-0.3, -0.25) is 14.9 Å². The van der Waals surface area contributed by atoms with Gasteiger partial charge in [0.1, 0.15) is 0 Å². The Hall–Kier alpha value is -2.40. The molecule has 148 valence electrons. The number of nitrogens with one attached hydrogen (secondary N) is 2. The van der Waals surface area contributed by atoms with Crippen molar-refractivity contribution < 1.29 is 0 Å². The summed E-state index contributed by atoms with van der Waals surface area (Å²) >= 11 is 0. The first kappa shape index (κ1) is 18.9. The van der Waals surface area contributed by atoms with E-state index in [2.05, 4.69) is 74.9 Å². The summed E-state index contributed by atoms with van der Waals surface area (Å²) in [4.78, 5) is 11.6. The molecule has 1 aliphatic carbocycles. The summed E-state index contributed by atoms with van der Waals surface area (Å²) in [5.41, 5.74) is 2.59. The zero-order valence-corrected chi connectivity index (χ0v) is 16.7. The summed E-state index contributed by atoms with van der Waals surface area (Å²) in [5.74, 6) is 1.60. The van der Waals surface area contributed by atoms with Crippen LogP contribution in [-0.2, 0) is 6.54 Å². The molecule has 2 atom stereocenters. The molecule has 1 aliphatic heterocycles. The number of benzene rings is 1. The van der Waals surface area contributed by atoms with Crippen LogP contribution in [0.3, 0.4) is 0 Å². The number of rotatable bonds is 6. The van der Waals surface area contributed by atoms with Crippen LogP contribution < -0.4 is 10.6 Å². The van der Waals surface area contributed by atoms with E-state index in [9.17, 15) is 0 Å². The van der Waals surface area contributed by atoms with Gasteiger partial charge in [0.15, 0.2) is 5.96 Å². The normalized spacial score (nSPS) is 23.4. The van der Waals surface area contributed by atoms with Crippen LogP contribution in [0.1, 0.15) is 43.4 Å². The molecule has 1 aromatic heterocycles. The van der Waals surface area contributed by atoms with E-state index in [4.69, 9.17) is 0 Å². The number of hydrogen-bond acceptors (Lipinski definition) is 3. The predicted molar refractivity (Wildman–Crippen MR) is 114 cm³/mol. The minimum Gasteiger partial charge on any atom is -0.354 e. The maximum atomic E-state index is 4.68. The van der Waals surface area contributed by atoms with Crippen LogP contribution in [0.4, 0.5) is 0 Å². The van der Waals surface area contributed by atoms with E-state index < -0.39 is 0 Å². The molecular weight excluding hydrogens is 346 g/mol. The van der Waals surface area contributed by atoms with E-state index in [0.717, 1.165) is 50.7 Å². The van der Waals surface area contributed by atoms with Gasteiger partial charge in [-0.2, -0.15) is 0 Å². The molecule has 0 bridgehead atoms. The van der Waals surface area contributed by atoms with Gasteiger partial charge < -0.3 is 10.6 Å². The standard InChI is InChI=1S/C23H31N5/c1-2-24-23(27-22-16-21(22)18-8-4-3-5-9-18)26-19-11-14-28(15-12-19)17-20-10-6-7-13-25-20/h3-10,13,19,21-22H,2,11-12,14-17H2,1H3,(H2,24,26,27). The van der Waals surface area contributed by atoms with E-state index in [1.807, 2.05) is 12.3 Å². The minimum absolute atomic E-state index is 0.492. The third kappa shape index (κ3) is 5.10. The number of piperidine rings is 1. The molecule has 2 aliphatic rings. The van der Waals surface area contributed by atoms with Gasteiger partial charge in [0.2, 0.25) is 0 Å². The maximum absolute atomic E-state index is 4.68. The minimum atomic E-state index is 0.492. The third-order valence-corrected chi connectivity index (χ3v) is 5.70. The van der Waals surface area contributed by atoms with E-state index in [0.29, 0.717) is 18.0 Å². The average Bonchev–Trinajstić information content (AvgIpc) is 3.50. The predicted octanol–water partition coefficient (Wildman–Crippen LogP) is 3.16. The van der Waals surface area contributed by atoms with Crippen molar-refractivity contribution in [2.75, 3.05) is 19.6 Å². The Labute approximate surface area is 168 Å². The van der Waals surface area contributed by atoms with Crippen LogP contribution in [0.5, 0.6) is 0 Å². The number of nitrogens with zero attached hydrogens (tertiary/aromatic N) is 3. The molecular formula is C23H31N5. The van der Waals surface area contributed by atoms with Crippen molar-refractivity contribution in [3.63, 3.8) is 0 Å². The highest BCUT2D eigenvalue weighted by Crippen LogP contribution is 2.40. The second-order valence-electron chi connectivity index (χ2n) is 7.84. The fourth-order valence-corrected chi connectivity index (χ4v) is 4.04. The molecule has 2 unspecified atom stereocenters. The highest BCUT2D eigenvalue weighted by molar-refractivity contribution is 5.81. The smallest absolute Gasteiger partial charge is 0.191 e. The molecule has 5 nitrogen and oxygen atoms in total. The number of aliphatic imine (C=N–C) groups is 1. The molecule has 1 aromatic carbocycles. The van der Waals surface area contributed by atoms with Gasteiger partial charge in [-0.1, -0.05) is 36.4 Å². The number of aromatic nitrogens is 1. The highest BCUT2D eigenvalue weighted by Gasteiger charge is 2.39. The van der Waals surface area contributed by atoms with Crippen LogP contribution in [0.15, 0.2) is 59.7 Å². The Morgan fingerprint density at radius 2 is 1.86 bits per heavy atom. The van der Waals surface area contributed by atoms with Gasteiger partial charge >= 0.3 is 0 Å². The summed E-state index contributed by atoms with van der Waals surface area (Å²) < 4.78 is 0. The lowest BCUT2D eigenvalue weighted by molar-refractivity contribution is 0.196. The van der Waals surface area contributed by atoms with E-state index in [1.165, 1.54) is 12.0 Å².